The predicted octanol–water partition coefficient (Wildman–Crippen LogP) is 2.60. The highest BCUT2D eigenvalue weighted by molar-refractivity contribution is 6.31. The fourth-order valence-corrected chi connectivity index (χ4v) is 1.87. The molecule has 0 amide bonds. The molecule has 17 heavy (non-hydrogen) atoms. The minimum atomic E-state index is -0.409. The summed E-state index contributed by atoms with van der Waals surface area (Å²) in [5.41, 5.74) is 1.77. The number of nitrogens with zero attached hydrogens (tertiary/aromatic N) is 2. The molecule has 2 aromatic rings. The summed E-state index contributed by atoms with van der Waals surface area (Å²) in [5, 5.41) is 3.16. The molecule has 0 aliphatic heterocycles. The number of rotatable bonds is 3. The molecule has 2 rings (SSSR count). The van der Waals surface area contributed by atoms with Crippen molar-refractivity contribution in [3.05, 3.63) is 41.1 Å². The van der Waals surface area contributed by atoms with Gasteiger partial charge in [-0.1, -0.05) is 11.6 Å². The quantitative estimate of drug-likeness (QED) is 0.911. The normalized spacial score (nSPS) is 10.8. The lowest BCUT2D eigenvalue weighted by Crippen LogP contribution is -2.10. The lowest BCUT2D eigenvalue weighted by Gasteiger charge is -2.06. The molecule has 0 unspecified atom stereocenters. The highest BCUT2D eigenvalue weighted by Crippen LogP contribution is 2.25. The second kappa shape index (κ2) is 4.85. The van der Waals surface area contributed by atoms with Crippen LogP contribution in [0.2, 0.25) is 5.02 Å². The molecule has 1 N–H and O–H groups in total. The van der Waals surface area contributed by atoms with Crippen molar-refractivity contribution in [3.63, 3.8) is 0 Å². The van der Waals surface area contributed by atoms with E-state index in [1.807, 2.05) is 18.7 Å². The van der Waals surface area contributed by atoms with Crippen molar-refractivity contribution in [1.29, 1.82) is 0 Å². The molecule has 0 saturated carbocycles. The fraction of sp³-hybridized carbons (Fsp3) is 0.250. The van der Waals surface area contributed by atoms with Crippen LogP contribution in [0.5, 0.6) is 0 Å². The summed E-state index contributed by atoms with van der Waals surface area (Å²) >= 11 is 5.77. The van der Waals surface area contributed by atoms with Crippen LogP contribution in [-0.2, 0) is 13.6 Å². The summed E-state index contributed by atoms with van der Waals surface area (Å²) in [7, 11) is 3.79. The van der Waals surface area contributed by atoms with Crippen molar-refractivity contribution in [3.8, 4) is 11.3 Å². The van der Waals surface area contributed by atoms with Crippen molar-refractivity contribution < 1.29 is 4.39 Å². The standard InChI is InChI=1S/C12H13ClFN3/c1-15-7-12-16-6-11(17(12)2)8-3-4-10(14)9(13)5-8/h3-6,15H,7H2,1-2H3. The number of aromatic nitrogens is 2. The number of halogens is 2. The Labute approximate surface area is 104 Å². The van der Waals surface area contributed by atoms with Crippen LogP contribution in [0.3, 0.4) is 0 Å². The van der Waals surface area contributed by atoms with E-state index in [1.165, 1.54) is 6.07 Å². The summed E-state index contributed by atoms with van der Waals surface area (Å²) in [5.74, 6) is 0.510. The zero-order chi connectivity index (χ0) is 12.4. The van der Waals surface area contributed by atoms with Gasteiger partial charge in [0.1, 0.15) is 11.6 Å². The van der Waals surface area contributed by atoms with Gasteiger partial charge in [0.05, 0.1) is 23.5 Å². The third-order valence-corrected chi connectivity index (χ3v) is 2.92. The Kier molecular flexibility index (Phi) is 3.45. The van der Waals surface area contributed by atoms with E-state index in [9.17, 15) is 4.39 Å². The maximum atomic E-state index is 13.1. The van der Waals surface area contributed by atoms with Crippen LogP contribution < -0.4 is 5.32 Å². The van der Waals surface area contributed by atoms with Crippen molar-refractivity contribution in [2.45, 2.75) is 6.54 Å². The molecule has 1 heterocycles. The number of hydrogen-bond acceptors (Lipinski definition) is 2. The Hall–Kier alpha value is -1.39. The van der Waals surface area contributed by atoms with Gasteiger partial charge >= 0.3 is 0 Å². The van der Waals surface area contributed by atoms with Crippen molar-refractivity contribution >= 4 is 11.6 Å². The number of hydrogen-bond donors (Lipinski definition) is 1. The topological polar surface area (TPSA) is 29.9 Å². The number of nitrogens with one attached hydrogen (secondary N) is 1. The first-order valence-corrected chi connectivity index (χ1v) is 5.62. The van der Waals surface area contributed by atoms with E-state index in [0.717, 1.165) is 17.1 Å². The van der Waals surface area contributed by atoms with E-state index in [-0.39, 0.29) is 5.02 Å². The van der Waals surface area contributed by atoms with Gasteiger partial charge in [-0.3, -0.25) is 0 Å². The Balaban J connectivity index is 2.42. The minimum absolute atomic E-state index is 0.124. The summed E-state index contributed by atoms with van der Waals surface area (Å²) in [6, 6.07) is 4.67. The van der Waals surface area contributed by atoms with Crippen LogP contribution in [0.1, 0.15) is 5.82 Å². The molecule has 0 radical (unpaired) electrons. The molecule has 0 aliphatic carbocycles. The SMILES string of the molecule is CNCc1ncc(-c2ccc(F)c(Cl)c2)n1C. The maximum Gasteiger partial charge on any atom is 0.141 e. The molecule has 0 spiro atoms. The smallest absolute Gasteiger partial charge is 0.141 e. The Morgan fingerprint density at radius 2 is 2.24 bits per heavy atom. The second-order valence-corrected chi connectivity index (χ2v) is 4.19. The van der Waals surface area contributed by atoms with Crippen LogP contribution in [0, 0.1) is 5.82 Å². The van der Waals surface area contributed by atoms with E-state index < -0.39 is 5.82 Å². The third-order valence-electron chi connectivity index (χ3n) is 2.63. The van der Waals surface area contributed by atoms with Gasteiger partial charge < -0.3 is 9.88 Å². The molecule has 1 aromatic carbocycles. The first-order chi connectivity index (χ1) is 8.13. The van der Waals surface area contributed by atoms with Crippen LogP contribution in [0.15, 0.2) is 24.4 Å². The van der Waals surface area contributed by atoms with Crippen LogP contribution in [0.25, 0.3) is 11.3 Å². The van der Waals surface area contributed by atoms with Gasteiger partial charge in [-0.15, -0.1) is 0 Å². The lowest BCUT2D eigenvalue weighted by atomic mass is 10.1. The molecule has 5 heteroatoms. The zero-order valence-electron chi connectivity index (χ0n) is 9.67. The lowest BCUT2D eigenvalue weighted by molar-refractivity contribution is 0.628. The maximum absolute atomic E-state index is 13.1. The highest BCUT2D eigenvalue weighted by Gasteiger charge is 2.09. The Morgan fingerprint density at radius 3 is 2.88 bits per heavy atom. The highest BCUT2D eigenvalue weighted by atomic mass is 35.5. The summed E-state index contributed by atoms with van der Waals surface area (Å²) in [4.78, 5) is 4.30. The molecular formula is C12H13ClFN3. The summed E-state index contributed by atoms with van der Waals surface area (Å²) in [6.07, 6.45) is 1.76. The Morgan fingerprint density at radius 1 is 1.47 bits per heavy atom. The first-order valence-electron chi connectivity index (χ1n) is 5.24. The minimum Gasteiger partial charge on any atom is -0.330 e. The predicted molar refractivity (Wildman–Crippen MR) is 66.4 cm³/mol. The van der Waals surface area contributed by atoms with Gasteiger partial charge in [0.2, 0.25) is 0 Å². The Bertz CT molecular complexity index is 537. The summed E-state index contributed by atoms with van der Waals surface area (Å²) in [6.45, 7) is 0.686. The van der Waals surface area contributed by atoms with E-state index >= 15 is 0 Å². The molecule has 0 saturated heterocycles. The van der Waals surface area contributed by atoms with E-state index in [4.69, 9.17) is 11.6 Å². The molecular weight excluding hydrogens is 241 g/mol. The summed E-state index contributed by atoms with van der Waals surface area (Å²) < 4.78 is 15.0. The zero-order valence-corrected chi connectivity index (χ0v) is 10.4. The molecule has 1 aromatic heterocycles. The molecule has 0 aliphatic rings. The van der Waals surface area contributed by atoms with Crippen molar-refractivity contribution in [2.75, 3.05) is 7.05 Å². The molecule has 0 atom stereocenters. The van der Waals surface area contributed by atoms with Crippen molar-refractivity contribution in [2.24, 2.45) is 7.05 Å². The average molecular weight is 254 g/mol. The van der Waals surface area contributed by atoms with Crippen LogP contribution >= 0.6 is 11.6 Å². The van der Waals surface area contributed by atoms with E-state index in [0.29, 0.717) is 6.54 Å². The second-order valence-electron chi connectivity index (χ2n) is 3.78. The van der Waals surface area contributed by atoms with Gasteiger partial charge in [0.25, 0.3) is 0 Å². The van der Waals surface area contributed by atoms with Crippen molar-refractivity contribution in [1.82, 2.24) is 14.9 Å². The molecule has 0 fully saturated rings. The average Bonchev–Trinajstić information content (AvgIpc) is 2.66. The largest absolute Gasteiger partial charge is 0.330 e. The third kappa shape index (κ3) is 2.33. The van der Waals surface area contributed by atoms with E-state index in [2.05, 4.69) is 10.3 Å². The van der Waals surface area contributed by atoms with E-state index in [1.54, 1.807) is 18.3 Å². The molecule has 3 nitrogen and oxygen atoms in total. The fourth-order valence-electron chi connectivity index (χ4n) is 1.69. The van der Waals surface area contributed by atoms with Gasteiger partial charge in [-0.05, 0) is 25.2 Å². The van der Waals surface area contributed by atoms with Crippen LogP contribution in [0.4, 0.5) is 4.39 Å². The molecule has 90 valence electrons. The number of imidazole rings is 1. The monoisotopic (exact) mass is 253 g/mol. The van der Waals surface area contributed by atoms with Crippen LogP contribution in [-0.4, -0.2) is 16.6 Å². The van der Waals surface area contributed by atoms with Gasteiger partial charge in [-0.2, -0.15) is 0 Å². The first kappa shape index (κ1) is 12.1. The van der Waals surface area contributed by atoms with Gasteiger partial charge in [-0.25, -0.2) is 9.37 Å². The van der Waals surface area contributed by atoms with Gasteiger partial charge in [0.15, 0.2) is 0 Å². The van der Waals surface area contributed by atoms with Gasteiger partial charge in [0, 0.05) is 12.6 Å². The number of benzene rings is 1. The molecule has 0 bridgehead atoms.